The van der Waals surface area contributed by atoms with Crippen LogP contribution in [-0.2, 0) is 0 Å². The quantitative estimate of drug-likeness (QED) is 0.733. The van der Waals surface area contributed by atoms with E-state index in [2.05, 4.69) is 16.9 Å². The minimum absolute atomic E-state index is 0.000602. The van der Waals surface area contributed by atoms with Gasteiger partial charge in [-0.05, 0) is 6.07 Å². The zero-order valence-electron chi connectivity index (χ0n) is 7.34. The van der Waals surface area contributed by atoms with Gasteiger partial charge in [0.25, 0.3) is 11.5 Å². The Labute approximate surface area is 85.6 Å². The second-order valence-corrected chi connectivity index (χ2v) is 3.00. The molecule has 0 aromatic carbocycles. The molecule has 0 aliphatic heterocycles. The van der Waals surface area contributed by atoms with Crippen molar-refractivity contribution in [3.63, 3.8) is 0 Å². The molecule has 0 saturated carbocycles. The van der Waals surface area contributed by atoms with Crippen molar-refractivity contribution in [2.45, 2.75) is 0 Å². The zero-order valence-corrected chi connectivity index (χ0v) is 8.10. The minimum Gasteiger partial charge on any atom is -0.348 e. The van der Waals surface area contributed by atoms with Gasteiger partial charge in [0.1, 0.15) is 5.56 Å². The number of amides is 1. The standard InChI is InChI=1S/C9H9ClN2O2/c1-2-3-11-8(13)7-4-6(10)5-12-9(7)14/h2,4-5H,1,3H2,(H,11,13)(H,12,14). The lowest BCUT2D eigenvalue weighted by atomic mass is 10.2. The number of aromatic nitrogens is 1. The second-order valence-electron chi connectivity index (χ2n) is 2.56. The maximum absolute atomic E-state index is 11.3. The average molecular weight is 213 g/mol. The SMILES string of the molecule is C=CCNC(=O)c1cc(Cl)c[nH]c1=O. The fourth-order valence-corrected chi connectivity index (χ4v) is 1.05. The Kier molecular flexibility index (Phi) is 3.48. The topological polar surface area (TPSA) is 62.0 Å². The number of halogens is 1. The normalized spacial score (nSPS) is 9.50. The molecule has 0 saturated heterocycles. The van der Waals surface area contributed by atoms with Gasteiger partial charge in [-0.1, -0.05) is 17.7 Å². The molecule has 0 atom stereocenters. The summed E-state index contributed by atoms with van der Waals surface area (Å²) in [5, 5.41) is 2.79. The number of hydrogen-bond acceptors (Lipinski definition) is 2. The molecule has 0 spiro atoms. The maximum Gasteiger partial charge on any atom is 0.260 e. The molecule has 0 aliphatic carbocycles. The highest BCUT2D eigenvalue weighted by Crippen LogP contribution is 2.04. The molecule has 0 unspecified atom stereocenters. The van der Waals surface area contributed by atoms with E-state index in [1.807, 2.05) is 0 Å². The highest BCUT2D eigenvalue weighted by molar-refractivity contribution is 6.30. The molecule has 74 valence electrons. The van der Waals surface area contributed by atoms with E-state index in [1.54, 1.807) is 0 Å². The molecule has 1 aromatic heterocycles. The second kappa shape index (κ2) is 4.62. The first-order valence-electron chi connectivity index (χ1n) is 3.92. The number of nitrogens with one attached hydrogen (secondary N) is 2. The number of pyridine rings is 1. The summed E-state index contributed by atoms with van der Waals surface area (Å²) >= 11 is 5.62. The molecule has 0 radical (unpaired) electrons. The van der Waals surface area contributed by atoms with Gasteiger partial charge in [-0.3, -0.25) is 9.59 Å². The van der Waals surface area contributed by atoms with Crippen LogP contribution >= 0.6 is 11.6 Å². The van der Waals surface area contributed by atoms with Crippen LogP contribution in [0.3, 0.4) is 0 Å². The van der Waals surface area contributed by atoms with E-state index in [0.29, 0.717) is 11.6 Å². The van der Waals surface area contributed by atoms with Crippen LogP contribution in [0.4, 0.5) is 0 Å². The first kappa shape index (κ1) is 10.5. The third kappa shape index (κ3) is 2.47. The molecule has 1 heterocycles. The van der Waals surface area contributed by atoms with Crippen LogP contribution in [0.25, 0.3) is 0 Å². The van der Waals surface area contributed by atoms with Gasteiger partial charge in [0, 0.05) is 12.7 Å². The predicted octanol–water partition coefficient (Wildman–Crippen LogP) is 0.944. The van der Waals surface area contributed by atoms with Crippen molar-refractivity contribution >= 4 is 17.5 Å². The average Bonchev–Trinajstić information content (AvgIpc) is 2.18. The molecule has 0 aliphatic rings. The van der Waals surface area contributed by atoms with Crippen molar-refractivity contribution in [1.82, 2.24) is 10.3 Å². The van der Waals surface area contributed by atoms with Gasteiger partial charge in [-0.25, -0.2) is 0 Å². The summed E-state index contributed by atoms with van der Waals surface area (Å²) in [4.78, 5) is 24.9. The van der Waals surface area contributed by atoms with Gasteiger partial charge in [0.05, 0.1) is 5.02 Å². The molecule has 1 rings (SSSR count). The van der Waals surface area contributed by atoms with Crippen molar-refractivity contribution < 1.29 is 4.79 Å². The van der Waals surface area contributed by atoms with Crippen molar-refractivity contribution in [2.24, 2.45) is 0 Å². The summed E-state index contributed by atoms with van der Waals surface area (Å²) in [7, 11) is 0. The Balaban J connectivity index is 2.94. The molecule has 2 N–H and O–H groups in total. The van der Waals surface area contributed by atoms with E-state index >= 15 is 0 Å². The monoisotopic (exact) mass is 212 g/mol. The number of H-pyrrole nitrogens is 1. The summed E-state index contributed by atoms with van der Waals surface area (Å²) in [6, 6.07) is 1.32. The Morgan fingerprint density at radius 3 is 3.07 bits per heavy atom. The number of hydrogen-bond donors (Lipinski definition) is 2. The number of carbonyl (C=O) groups is 1. The highest BCUT2D eigenvalue weighted by Gasteiger charge is 2.09. The van der Waals surface area contributed by atoms with E-state index < -0.39 is 11.5 Å². The van der Waals surface area contributed by atoms with E-state index in [4.69, 9.17) is 11.6 Å². The minimum atomic E-state index is -0.464. The molecule has 0 bridgehead atoms. The van der Waals surface area contributed by atoms with Crippen LogP contribution in [0.1, 0.15) is 10.4 Å². The van der Waals surface area contributed by atoms with E-state index in [-0.39, 0.29) is 5.56 Å². The van der Waals surface area contributed by atoms with Crippen molar-refractivity contribution in [2.75, 3.05) is 6.54 Å². The van der Waals surface area contributed by atoms with Crippen LogP contribution in [0, 0.1) is 0 Å². The lowest BCUT2D eigenvalue weighted by Crippen LogP contribution is -2.29. The van der Waals surface area contributed by atoms with Crippen LogP contribution in [0.15, 0.2) is 29.7 Å². The molecule has 14 heavy (non-hydrogen) atoms. The van der Waals surface area contributed by atoms with Crippen LogP contribution in [0.5, 0.6) is 0 Å². The van der Waals surface area contributed by atoms with Crippen LogP contribution in [-0.4, -0.2) is 17.4 Å². The van der Waals surface area contributed by atoms with Crippen LogP contribution < -0.4 is 10.9 Å². The Morgan fingerprint density at radius 1 is 1.71 bits per heavy atom. The van der Waals surface area contributed by atoms with Crippen molar-refractivity contribution in [3.8, 4) is 0 Å². The highest BCUT2D eigenvalue weighted by atomic mass is 35.5. The van der Waals surface area contributed by atoms with Crippen molar-refractivity contribution in [3.05, 3.63) is 45.9 Å². The fraction of sp³-hybridized carbons (Fsp3) is 0.111. The lowest BCUT2D eigenvalue weighted by molar-refractivity contribution is 0.0956. The Morgan fingerprint density at radius 2 is 2.43 bits per heavy atom. The molecule has 5 heteroatoms. The van der Waals surface area contributed by atoms with E-state index in [9.17, 15) is 9.59 Å². The Hall–Kier alpha value is -1.55. The largest absolute Gasteiger partial charge is 0.348 e. The van der Waals surface area contributed by atoms with Gasteiger partial charge in [0.2, 0.25) is 0 Å². The van der Waals surface area contributed by atoms with Crippen molar-refractivity contribution in [1.29, 1.82) is 0 Å². The predicted molar refractivity (Wildman–Crippen MR) is 54.6 cm³/mol. The molecule has 4 nitrogen and oxygen atoms in total. The third-order valence-electron chi connectivity index (χ3n) is 1.52. The summed E-state index contributed by atoms with van der Waals surface area (Å²) in [6.07, 6.45) is 2.85. The maximum atomic E-state index is 11.3. The molecular weight excluding hydrogens is 204 g/mol. The fourth-order valence-electron chi connectivity index (χ4n) is 0.886. The van der Waals surface area contributed by atoms with Gasteiger partial charge in [0.15, 0.2) is 0 Å². The number of carbonyl (C=O) groups excluding carboxylic acids is 1. The molecular formula is C9H9ClN2O2. The summed E-state index contributed by atoms with van der Waals surface area (Å²) < 4.78 is 0. The lowest BCUT2D eigenvalue weighted by Gasteiger charge is -2.00. The first-order chi connectivity index (χ1) is 6.65. The molecule has 1 aromatic rings. The smallest absolute Gasteiger partial charge is 0.260 e. The van der Waals surface area contributed by atoms with Gasteiger partial charge >= 0.3 is 0 Å². The summed E-state index contributed by atoms with van der Waals surface area (Å²) in [5.41, 5.74) is -0.463. The zero-order chi connectivity index (χ0) is 10.6. The van der Waals surface area contributed by atoms with E-state index in [0.717, 1.165) is 0 Å². The van der Waals surface area contributed by atoms with Crippen LogP contribution in [0.2, 0.25) is 5.02 Å². The van der Waals surface area contributed by atoms with E-state index in [1.165, 1.54) is 18.3 Å². The summed E-state index contributed by atoms with van der Waals surface area (Å²) in [6.45, 7) is 3.75. The van der Waals surface area contributed by atoms with Gasteiger partial charge in [-0.2, -0.15) is 0 Å². The third-order valence-corrected chi connectivity index (χ3v) is 1.74. The molecule has 1 amide bonds. The Bertz CT molecular complexity index is 412. The molecule has 0 fully saturated rings. The van der Waals surface area contributed by atoms with Gasteiger partial charge < -0.3 is 10.3 Å². The number of rotatable bonds is 3. The first-order valence-corrected chi connectivity index (χ1v) is 4.30. The van der Waals surface area contributed by atoms with Gasteiger partial charge in [-0.15, -0.1) is 6.58 Å². The summed E-state index contributed by atoms with van der Waals surface area (Å²) in [5.74, 6) is -0.464. The number of aromatic amines is 1.